The van der Waals surface area contributed by atoms with Crippen LogP contribution in [0.15, 0.2) is 30.3 Å². The third kappa shape index (κ3) is 2.51. The third-order valence-corrected chi connectivity index (χ3v) is 6.35. The smallest absolute Gasteiger partial charge is 0.265 e. The fraction of sp³-hybridized carbons (Fsp3) is 0.250. The Morgan fingerprint density at radius 1 is 1.41 bits per heavy atom. The van der Waals surface area contributed by atoms with Gasteiger partial charge in [0.25, 0.3) is 6.03 Å². The van der Waals surface area contributed by atoms with Crippen LogP contribution in [0.3, 0.4) is 0 Å². The average Bonchev–Trinajstić information content (AvgIpc) is 2.86. The Hall–Kier alpha value is -1.84. The molecule has 2 aromatic rings. The number of halogens is 1. The largest absolute Gasteiger partial charge is 0.452 e. The van der Waals surface area contributed by atoms with Crippen molar-refractivity contribution in [3.8, 4) is 17.0 Å². The molecule has 0 saturated heterocycles. The summed E-state index contributed by atoms with van der Waals surface area (Å²) in [4.78, 5) is 16.1. The predicted octanol–water partition coefficient (Wildman–Crippen LogP) is 2.20. The van der Waals surface area contributed by atoms with Gasteiger partial charge in [0.2, 0.25) is 6.35 Å². The van der Waals surface area contributed by atoms with E-state index in [1.807, 2.05) is 12.7 Å². The number of rotatable bonds is 4. The number of ether oxygens (including phenoxy) is 1. The zero-order chi connectivity index (χ0) is 15.7. The van der Waals surface area contributed by atoms with E-state index in [1.165, 1.54) is 12.1 Å². The van der Waals surface area contributed by atoms with Crippen LogP contribution >= 0.6 is 7.26 Å². The van der Waals surface area contributed by atoms with Crippen molar-refractivity contribution >= 4 is 18.6 Å². The van der Waals surface area contributed by atoms with Crippen molar-refractivity contribution in [1.29, 1.82) is 0 Å². The maximum absolute atomic E-state index is 13.1. The van der Waals surface area contributed by atoms with Crippen LogP contribution in [-0.4, -0.2) is 30.6 Å². The first-order chi connectivity index (χ1) is 10.6. The number of hydrogen-bond acceptors (Lipinski definition) is 4. The van der Waals surface area contributed by atoms with Crippen LogP contribution in [0.25, 0.3) is 11.3 Å². The summed E-state index contributed by atoms with van der Waals surface area (Å²) in [6, 6.07) is 9.07. The van der Waals surface area contributed by atoms with Crippen molar-refractivity contribution in [2.45, 2.75) is 6.42 Å². The Morgan fingerprint density at radius 3 is 2.77 bits per heavy atom. The molecule has 6 heteroatoms. The molecule has 0 bridgehead atoms. The average molecular weight is 319 g/mol. The Kier molecular flexibility index (Phi) is 3.94. The SMILES string of the molecule is C[P+]1(C=O)COc2c1cc(CCN)nc2-c1ccc(F)cc1. The third-order valence-electron chi connectivity index (χ3n) is 3.78. The molecule has 3 rings (SSSR count). The van der Waals surface area contributed by atoms with Crippen molar-refractivity contribution in [1.82, 2.24) is 4.98 Å². The molecule has 1 atom stereocenters. The van der Waals surface area contributed by atoms with Crippen molar-refractivity contribution < 1.29 is 13.9 Å². The van der Waals surface area contributed by atoms with Crippen LogP contribution < -0.4 is 15.8 Å². The molecule has 1 unspecified atom stereocenters. The zero-order valence-electron chi connectivity index (χ0n) is 12.3. The van der Waals surface area contributed by atoms with Crippen LogP contribution in [0.1, 0.15) is 5.69 Å². The maximum Gasteiger partial charge on any atom is 0.265 e. The van der Waals surface area contributed by atoms with Crippen molar-refractivity contribution in [3.05, 3.63) is 41.8 Å². The van der Waals surface area contributed by atoms with Crippen molar-refractivity contribution in [3.63, 3.8) is 0 Å². The molecule has 0 fully saturated rings. The molecule has 114 valence electrons. The van der Waals surface area contributed by atoms with Crippen LogP contribution in [0.2, 0.25) is 0 Å². The molecule has 2 heterocycles. The van der Waals surface area contributed by atoms with Crippen molar-refractivity contribution in [2.75, 3.05) is 19.6 Å². The van der Waals surface area contributed by atoms with Crippen molar-refractivity contribution in [2.24, 2.45) is 5.73 Å². The normalized spacial score (nSPS) is 19.6. The number of aromatic nitrogens is 1. The quantitative estimate of drug-likeness (QED) is 0.693. The van der Waals surface area contributed by atoms with Gasteiger partial charge in [0.05, 0.1) is 6.66 Å². The number of hydrogen-bond donors (Lipinski definition) is 1. The maximum atomic E-state index is 13.1. The van der Waals surface area contributed by atoms with Gasteiger partial charge in [-0.2, -0.15) is 0 Å². The lowest BCUT2D eigenvalue weighted by molar-refractivity contribution is 0.401. The number of benzene rings is 1. The molecule has 4 nitrogen and oxygen atoms in total. The van der Waals surface area contributed by atoms with Gasteiger partial charge in [-0.05, 0) is 30.8 Å². The minimum Gasteiger partial charge on any atom is -0.452 e. The second-order valence-corrected chi connectivity index (χ2v) is 8.99. The Labute approximate surface area is 128 Å². The van der Waals surface area contributed by atoms with Gasteiger partial charge in [-0.3, -0.25) is 4.79 Å². The number of nitrogens with two attached hydrogens (primary N) is 1. The van der Waals surface area contributed by atoms with Gasteiger partial charge in [0.15, 0.2) is 18.3 Å². The molecule has 0 radical (unpaired) electrons. The van der Waals surface area contributed by atoms with Gasteiger partial charge in [-0.1, -0.05) is 0 Å². The Balaban J connectivity index is 2.19. The number of pyridine rings is 1. The zero-order valence-corrected chi connectivity index (χ0v) is 13.1. The Morgan fingerprint density at radius 2 is 2.14 bits per heavy atom. The highest BCUT2D eigenvalue weighted by molar-refractivity contribution is 7.94. The van der Waals surface area contributed by atoms with E-state index in [2.05, 4.69) is 4.98 Å². The number of fused-ring (bicyclic) bond motifs is 1. The number of carbonyl (C=O) groups excluding carboxylic acids is 1. The molecular formula is C16H17FN2O2P+. The summed E-state index contributed by atoms with van der Waals surface area (Å²) in [5.74, 6) is 0.347. The molecule has 0 saturated carbocycles. The highest BCUT2D eigenvalue weighted by Crippen LogP contribution is 2.58. The van der Waals surface area contributed by atoms with Crippen LogP contribution in [-0.2, 0) is 11.2 Å². The monoisotopic (exact) mass is 319 g/mol. The summed E-state index contributed by atoms with van der Waals surface area (Å²) in [6.45, 7) is 2.43. The number of nitrogens with zero attached hydrogens (tertiary/aromatic N) is 1. The van der Waals surface area contributed by atoms with E-state index in [0.29, 0.717) is 30.8 Å². The summed E-state index contributed by atoms with van der Waals surface area (Å²) < 4.78 is 18.9. The minimum atomic E-state index is -1.96. The van der Waals surface area contributed by atoms with E-state index in [9.17, 15) is 9.18 Å². The first-order valence-electron chi connectivity index (χ1n) is 7.02. The molecule has 1 aliphatic rings. The lowest BCUT2D eigenvalue weighted by Gasteiger charge is -2.10. The van der Waals surface area contributed by atoms with Gasteiger partial charge in [-0.15, -0.1) is 0 Å². The lowest BCUT2D eigenvalue weighted by Crippen LogP contribution is -2.13. The Bertz CT molecular complexity index is 721. The standard InChI is InChI=1S/C16H17FN2O2P/c1-22(9-20)10-21-16-14(22)8-13(6-7-18)19-15(16)11-2-4-12(17)5-3-11/h2-5,8-9H,6-7,10,18H2,1H3/q+1. The van der Waals surface area contributed by atoms with Gasteiger partial charge in [0.1, 0.15) is 11.5 Å². The number of carbonyl (C=O) groups is 1. The van der Waals surface area contributed by atoms with Gasteiger partial charge >= 0.3 is 0 Å². The molecule has 1 aromatic carbocycles. The molecule has 2 N–H and O–H groups in total. The van der Waals surface area contributed by atoms with E-state index >= 15 is 0 Å². The molecule has 0 amide bonds. The van der Waals surface area contributed by atoms with Gasteiger partial charge in [0, 0.05) is 23.7 Å². The van der Waals surface area contributed by atoms with Crippen LogP contribution in [0.5, 0.6) is 5.75 Å². The topological polar surface area (TPSA) is 65.2 Å². The second-order valence-electron chi connectivity index (χ2n) is 5.50. The first kappa shape index (κ1) is 15.1. The molecule has 0 spiro atoms. The molecule has 1 aromatic heterocycles. The predicted molar refractivity (Wildman–Crippen MR) is 87.1 cm³/mol. The summed E-state index contributed by atoms with van der Waals surface area (Å²) in [7, 11) is -1.96. The van der Waals surface area contributed by atoms with E-state index in [1.54, 1.807) is 12.1 Å². The fourth-order valence-corrected chi connectivity index (χ4v) is 4.32. The summed E-state index contributed by atoms with van der Waals surface area (Å²) in [5, 5.41) is 0.931. The van der Waals surface area contributed by atoms with Gasteiger partial charge in [-0.25, -0.2) is 9.37 Å². The van der Waals surface area contributed by atoms with E-state index < -0.39 is 7.26 Å². The molecule has 0 aliphatic carbocycles. The molecular weight excluding hydrogens is 302 g/mol. The highest BCUT2D eigenvalue weighted by atomic mass is 31.2. The molecule has 22 heavy (non-hydrogen) atoms. The van der Waals surface area contributed by atoms with Gasteiger partial charge < -0.3 is 10.5 Å². The second kappa shape index (κ2) is 5.75. The molecule has 1 aliphatic heterocycles. The summed E-state index contributed by atoms with van der Waals surface area (Å²) in [6.07, 6.45) is 1.02. The van der Waals surface area contributed by atoms with E-state index in [4.69, 9.17) is 10.5 Å². The first-order valence-corrected chi connectivity index (χ1v) is 9.51. The lowest BCUT2D eigenvalue weighted by atomic mass is 10.1. The van der Waals surface area contributed by atoms with Crippen LogP contribution in [0.4, 0.5) is 4.39 Å². The van der Waals surface area contributed by atoms with E-state index in [0.717, 1.165) is 22.6 Å². The highest BCUT2D eigenvalue weighted by Gasteiger charge is 2.46. The van der Waals surface area contributed by atoms with E-state index in [-0.39, 0.29) is 5.82 Å². The summed E-state index contributed by atoms with van der Waals surface area (Å²) >= 11 is 0. The summed E-state index contributed by atoms with van der Waals surface area (Å²) in [5.41, 5.74) is 7.90. The van der Waals surface area contributed by atoms with Crippen LogP contribution in [0, 0.1) is 5.82 Å². The minimum absolute atomic E-state index is 0.301. The fourth-order valence-electron chi connectivity index (χ4n) is 2.53.